The van der Waals surface area contributed by atoms with Crippen LogP contribution >= 0.6 is 0 Å². The van der Waals surface area contributed by atoms with Gasteiger partial charge < -0.3 is 19.7 Å². The van der Waals surface area contributed by atoms with E-state index in [0.717, 1.165) is 12.2 Å². The van der Waals surface area contributed by atoms with Crippen LogP contribution in [0, 0.1) is 5.92 Å². The van der Waals surface area contributed by atoms with Gasteiger partial charge in [0.25, 0.3) is 0 Å². The molecule has 21 heavy (non-hydrogen) atoms. The topological polar surface area (TPSA) is 70.5 Å². The SMILES string of the molecule is CC(C)Cn1cncc1CNC(=O)CN1CCN(C)C1=O. The Morgan fingerprint density at radius 2 is 2.19 bits per heavy atom. The Hall–Kier alpha value is -2.05. The van der Waals surface area contributed by atoms with Crippen LogP contribution in [-0.4, -0.2) is 58.0 Å². The van der Waals surface area contributed by atoms with Crippen molar-refractivity contribution in [2.45, 2.75) is 26.9 Å². The largest absolute Gasteiger partial charge is 0.349 e. The molecule has 7 nitrogen and oxygen atoms in total. The quantitative estimate of drug-likeness (QED) is 0.831. The average molecular weight is 293 g/mol. The van der Waals surface area contributed by atoms with E-state index in [1.54, 1.807) is 29.4 Å². The van der Waals surface area contributed by atoms with Crippen LogP contribution in [0.2, 0.25) is 0 Å². The third-order valence-corrected chi connectivity index (χ3v) is 3.46. The van der Waals surface area contributed by atoms with Gasteiger partial charge in [-0.25, -0.2) is 9.78 Å². The number of nitrogens with one attached hydrogen (secondary N) is 1. The van der Waals surface area contributed by atoms with Crippen molar-refractivity contribution in [3.05, 3.63) is 18.2 Å². The van der Waals surface area contributed by atoms with Crippen molar-refractivity contribution in [1.82, 2.24) is 24.7 Å². The van der Waals surface area contributed by atoms with Crippen LogP contribution in [-0.2, 0) is 17.9 Å². The van der Waals surface area contributed by atoms with Crippen LogP contribution in [0.4, 0.5) is 4.79 Å². The van der Waals surface area contributed by atoms with Gasteiger partial charge in [-0.15, -0.1) is 0 Å². The number of likely N-dealkylation sites (N-methyl/N-ethyl adjacent to an activating group) is 1. The van der Waals surface area contributed by atoms with Crippen molar-refractivity contribution < 1.29 is 9.59 Å². The molecule has 0 unspecified atom stereocenters. The summed E-state index contributed by atoms with van der Waals surface area (Å²) < 4.78 is 2.04. The second kappa shape index (κ2) is 6.60. The minimum atomic E-state index is -0.143. The van der Waals surface area contributed by atoms with Gasteiger partial charge in [-0.3, -0.25) is 4.79 Å². The Balaban J connectivity index is 1.82. The maximum Gasteiger partial charge on any atom is 0.320 e. The Bertz CT molecular complexity index is 511. The molecule has 0 radical (unpaired) electrons. The fourth-order valence-corrected chi connectivity index (χ4v) is 2.32. The molecule has 0 saturated carbocycles. The highest BCUT2D eigenvalue weighted by Crippen LogP contribution is 2.06. The van der Waals surface area contributed by atoms with Crippen molar-refractivity contribution in [3.8, 4) is 0 Å². The minimum Gasteiger partial charge on any atom is -0.349 e. The van der Waals surface area contributed by atoms with Crippen molar-refractivity contribution >= 4 is 11.9 Å². The molecule has 0 aliphatic carbocycles. The Kier molecular flexibility index (Phi) is 4.82. The second-order valence-electron chi connectivity index (χ2n) is 5.83. The summed E-state index contributed by atoms with van der Waals surface area (Å²) in [4.78, 5) is 30.9. The van der Waals surface area contributed by atoms with E-state index < -0.39 is 0 Å². The van der Waals surface area contributed by atoms with Crippen LogP contribution < -0.4 is 5.32 Å². The molecule has 2 rings (SSSR count). The normalized spacial score (nSPS) is 15.1. The van der Waals surface area contributed by atoms with Crippen LogP contribution in [0.1, 0.15) is 19.5 Å². The Morgan fingerprint density at radius 1 is 1.43 bits per heavy atom. The van der Waals surface area contributed by atoms with Gasteiger partial charge in [0.1, 0.15) is 6.54 Å². The molecule has 1 N–H and O–H groups in total. The standard InChI is InChI=1S/C14H23N5O2/c1-11(2)8-19-10-15-6-12(19)7-16-13(20)9-18-5-4-17(3)14(18)21/h6,10-11H,4-5,7-9H2,1-3H3,(H,16,20). The molecule has 1 aromatic rings. The van der Waals surface area contributed by atoms with Gasteiger partial charge in [-0.2, -0.15) is 0 Å². The first-order chi connectivity index (χ1) is 9.97. The molecular formula is C14H23N5O2. The highest BCUT2D eigenvalue weighted by molar-refractivity contribution is 5.84. The number of urea groups is 1. The third kappa shape index (κ3) is 3.96. The van der Waals surface area contributed by atoms with Gasteiger partial charge in [-0.05, 0) is 5.92 Å². The van der Waals surface area contributed by atoms with E-state index in [0.29, 0.717) is 25.6 Å². The van der Waals surface area contributed by atoms with Gasteiger partial charge in [0.2, 0.25) is 5.91 Å². The Morgan fingerprint density at radius 3 is 2.81 bits per heavy atom. The summed E-state index contributed by atoms with van der Waals surface area (Å²) in [5.74, 6) is 0.377. The molecule has 1 aliphatic heterocycles. The number of amides is 3. The lowest BCUT2D eigenvalue weighted by molar-refractivity contribution is -0.121. The first-order valence-corrected chi connectivity index (χ1v) is 7.23. The van der Waals surface area contributed by atoms with E-state index in [1.807, 2.05) is 4.57 Å². The number of hydrogen-bond donors (Lipinski definition) is 1. The monoisotopic (exact) mass is 293 g/mol. The summed E-state index contributed by atoms with van der Waals surface area (Å²) in [5, 5.41) is 2.85. The molecule has 1 fully saturated rings. The summed E-state index contributed by atoms with van der Waals surface area (Å²) >= 11 is 0. The average Bonchev–Trinajstić information content (AvgIpc) is 2.97. The number of hydrogen-bond acceptors (Lipinski definition) is 3. The zero-order chi connectivity index (χ0) is 15.4. The van der Waals surface area contributed by atoms with E-state index in [2.05, 4.69) is 24.1 Å². The summed E-state index contributed by atoms with van der Waals surface area (Å²) in [6.45, 7) is 6.97. The lowest BCUT2D eigenvalue weighted by atomic mass is 10.2. The molecule has 1 aromatic heterocycles. The van der Waals surface area contributed by atoms with Crippen LogP contribution in [0.5, 0.6) is 0 Å². The highest BCUT2D eigenvalue weighted by atomic mass is 16.2. The number of imidazole rings is 1. The van der Waals surface area contributed by atoms with E-state index in [9.17, 15) is 9.59 Å². The number of carbonyl (C=O) groups excluding carboxylic acids is 2. The molecule has 0 bridgehead atoms. The fourth-order valence-electron chi connectivity index (χ4n) is 2.32. The smallest absolute Gasteiger partial charge is 0.320 e. The van der Waals surface area contributed by atoms with Crippen LogP contribution in [0.15, 0.2) is 12.5 Å². The predicted molar refractivity (Wildman–Crippen MR) is 78.5 cm³/mol. The summed E-state index contributed by atoms with van der Waals surface area (Å²) in [7, 11) is 1.74. The molecule has 3 amide bonds. The van der Waals surface area contributed by atoms with Crippen molar-refractivity contribution in [1.29, 1.82) is 0 Å². The minimum absolute atomic E-state index is 0.0880. The van der Waals surface area contributed by atoms with Crippen molar-refractivity contribution in [2.24, 2.45) is 5.92 Å². The molecule has 0 atom stereocenters. The predicted octanol–water partition coefficient (Wildman–Crippen LogP) is 0.523. The Labute approximate surface area is 124 Å². The molecule has 1 aliphatic rings. The first kappa shape index (κ1) is 15.3. The molecular weight excluding hydrogens is 270 g/mol. The summed E-state index contributed by atoms with van der Waals surface area (Å²) in [6.07, 6.45) is 3.54. The van der Waals surface area contributed by atoms with Gasteiger partial charge >= 0.3 is 6.03 Å². The van der Waals surface area contributed by atoms with Crippen LogP contribution in [0.3, 0.4) is 0 Å². The lowest BCUT2D eigenvalue weighted by Crippen LogP contribution is -2.39. The third-order valence-electron chi connectivity index (χ3n) is 3.46. The molecule has 0 aromatic carbocycles. The molecule has 0 spiro atoms. The van der Waals surface area contributed by atoms with Gasteiger partial charge in [0.15, 0.2) is 0 Å². The van der Waals surface area contributed by atoms with Gasteiger partial charge in [0, 0.05) is 32.9 Å². The van der Waals surface area contributed by atoms with Gasteiger partial charge in [0.05, 0.1) is 18.6 Å². The lowest BCUT2D eigenvalue weighted by Gasteiger charge is -2.16. The summed E-state index contributed by atoms with van der Waals surface area (Å²) in [6, 6.07) is -0.0880. The molecule has 116 valence electrons. The molecule has 2 heterocycles. The molecule has 7 heteroatoms. The second-order valence-corrected chi connectivity index (χ2v) is 5.83. The van der Waals surface area contributed by atoms with E-state index in [-0.39, 0.29) is 18.5 Å². The molecule has 1 saturated heterocycles. The maximum atomic E-state index is 11.9. The summed E-state index contributed by atoms with van der Waals surface area (Å²) in [5.41, 5.74) is 0.974. The number of nitrogens with zero attached hydrogens (tertiary/aromatic N) is 4. The number of aromatic nitrogens is 2. The van der Waals surface area contributed by atoms with Gasteiger partial charge in [-0.1, -0.05) is 13.8 Å². The maximum absolute atomic E-state index is 11.9. The zero-order valence-electron chi connectivity index (χ0n) is 12.9. The fraction of sp³-hybridized carbons (Fsp3) is 0.643. The van der Waals surface area contributed by atoms with E-state index in [1.165, 1.54) is 0 Å². The van der Waals surface area contributed by atoms with E-state index >= 15 is 0 Å². The van der Waals surface area contributed by atoms with Crippen molar-refractivity contribution in [3.63, 3.8) is 0 Å². The van der Waals surface area contributed by atoms with E-state index in [4.69, 9.17) is 0 Å². The zero-order valence-corrected chi connectivity index (χ0v) is 12.9. The number of carbonyl (C=O) groups is 2. The van der Waals surface area contributed by atoms with Crippen molar-refractivity contribution in [2.75, 3.05) is 26.7 Å². The highest BCUT2D eigenvalue weighted by Gasteiger charge is 2.26. The van der Waals surface area contributed by atoms with Crippen LogP contribution in [0.25, 0.3) is 0 Å². The first-order valence-electron chi connectivity index (χ1n) is 7.23. The number of rotatable bonds is 6.